The zero-order valence-electron chi connectivity index (χ0n) is 7.05. The molecule has 0 radical (unpaired) electrons. The molecule has 0 spiro atoms. The van der Waals surface area contributed by atoms with Crippen LogP contribution in [0.3, 0.4) is 0 Å². The molecule has 1 aromatic heterocycles. The molecule has 0 aliphatic carbocycles. The summed E-state index contributed by atoms with van der Waals surface area (Å²) in [5, 5.41) is 6.22. The number of rotatable bonds is 1. The highest BCUT2D eigenvalue weighted by Crippen LogP contribution is 2.32. The summed E-state index contributed by atoms with van der Waals surface area (Å²) in [7, 11) is 0. The molecule has 1 fully saturated rings. The van der Waals surface area contributed by atoms with Crippen molar-refractivity contribution < 1.29 is 13.3 Å². The lowest BCUT2D eigenvalue weighted by molar-refractivity contribution is 0.0207. The highest BCUT2D eigenvalue weighted by Gasteiger charge is 2.41. The van der Waals surface area contributed by atoms with E-state index in [2.05, 4.69) is 15.5 Å². The van der Waals surface area contributed by atoms with E-state index in [-0.39, 0.29) is 13.0 Å². The molecule has 6 heteroatoms. The number of aryl methyl sites for hydroxylation is 1. The van der Waals surface area contributed by atoms with E-state index in [1.807, 2.05) is 0 Å². The van der Waals surface area contributed by atoms with Gasteiger partial charge in [0.25, 0.3) is 5.92 Å². The Morgan fingerprint density at radius 1 is 1.62 bits per heavy atom. The normalized spacial score (nSPS) is 26.5. The Balaban J connectivity index is 2.12. The fourth-order valence-electron chi connectivity index (χ4n) is 1.35. The fourth-order valence-corrected chi connectivity index (χ4v) is 1.35. The third kappa shape index (κ3) is 1.67. The van der Waals surface area contributed by atoms with Crippen molar-refractivity contribution in [3.05, 3.63) is 11.7 Å². The highest BCUT2D eigenvalue weighted by molar-refractivity contribution is 5.00. The largest absolute Gasteiger partial charge is 0.340 e. The van der Waals surface area contributed by atoms with Crippen molar-refractivity contribution in [1.29, 1.82) is 0 Å². The maximum absolute atomic E-state index is 12.7. The minimum atomic E-state index is -2.65. The molecule has 0 unspecified atom stereocenters. The molecule has 0 saturated carbocycles. The van der Waals surface area contributed by atoms with Crippen molar-refractivity contribution in [1.82, 2.24) is 15.5 Å². The number of aromatic nitrogens is 2. The topological polar surface area (TPSA) is 51.0 Å². The average molecular weight is 189 g/mol. The van der Waals surface area contributed by atoms with Gasteiger partial charge in [0.15, 0.2) is 5.82 Å². The van der Waals surface area contributed by atoms with Crippen molar-refractivity contribution >= 4 is 0 Å². The molecule has 1 atom stereocenters. The van der Waals surface area contributed by atoms with Gasteiger partial charge in [-0.05, 0) is 0 Å². The molecule has 1 aliphatic heterocycles. The zero-order chi connectivity index (χ0) is 9.47. The molecule has 0 amide bonds. The van der Waals surface area contributed by atoms with Gasteiger partial charge < -0.3 is 9.84 Å². The van der Waals surface area contributed by atoms with Gasteiger partial charge in [-0.1, -0.05) is 5.16 Å². The van der Waals surface area contributed by atoms with Crippen LogP contribution in [0.4, 0.5) is 8.78 Å². The molecular formula is C7H9F2N3O. The lowest BCUT2D eigenvalue weighted by atomic mass is 10.2. The Labute approximate surface area is 73.3 Å². The molecule has 1 aromatic rings. The van der Waals surface area contributed by atoms with Crippen LogP contribution in [0.15, 0.2) is 4.52 Å². The molecule has 72 valence electrons. The van der Waals surface area contributed by atoms with Crippen molar-refractivity contribution in [2.24, 2.45) is 0 Å². The quantitative estimate of drug-likeness (QED) is 0.717. The zero-order valence-corrected chi connectivity index (χ0v) is 7.05. The van der Waals surface area contributed by atoms with E-state index in [1.54, 1.807) is 6.92 Å². The number of nitrogens with zero attached hydrogens (tertiary/aromatic N) is 2. The van der Waals surface area contributed by atoms with Gasteiger partial charge in [-0.3, -0.25) is 0 Å². The van der Waals surface area contributed by atoms with Crippen molar-refractivity contribution in [3.63, 3.8) is 0 Å². The minimum Gasteiger partial charge on any atom is -0.340 e. The number of hydrogen-bond donors (Lipinski definition) is 1. The van der Waals surface area contributed by atoms with Gasteiger partial charge >= 0.3 is 0 Å². The molecule has 1 saturated heterocycles. The van der Waals surface area contributed by atoms with Gasteiger partial charge in [-0.25, -0.2) is 8.78 Å². The molecule has 0 bridgehead atoms. The van der Waals surface area contributed by atoms with Gasteiger partial charge in [-0.2, -0.15) is 4.98 Å². The summed E-state index contributed by atoms with van der Waals surface area (Å²) < 4.78 is 30.2. The first-order valence-corrected chi connectivity index (χ1v) is 3.98. The molecule has 1 N–H and O–H groups in total. The monoisotopic (exact) mass is 189 g/mol. The Bertz CT molecular complexity index is 312. The van der Waals surface area contributed by atoms with Crippen LogP contribution in [0.1, 0.15) is 24.2 Å². The van der Waals surface area contributed by atoms with Crippen LogP contribution in [0, 0.1) is 6.92 Å². The smallest absolute Gasteiger partial charge is 0.262 e. The van der Waals surface area contributed by atoms with Gasteiger partial charge in [-0.15, -0.1) is 0 Å². The number of alkyl halides is 2. The van der Waals surface area contributed by atoms with Crippen molar-refractivity contribution in [2.75, 3.05) is 6.54 Å². The maximum atomic E-state index is 12.7. The average Bonchev–Trinajstić information content (AvgIpc) is 2.56. The predicted octanol–water partition coefficient (Wildman–Crippen LogP) is 1.05. The Morgan fingerprint density at radius 3 is 2.85 bits per heavy atom. The first-order chi connectivity index (χ1) is 6.07. The summed E-state index contributed by atoms with van der Waals surface area (Å²) in [4.78, 5) is 3.88. The number of halogens is 2. The molecular weight excluding hydrogens is 180 g/mol. The Hall–Kier alpha value is -1.04. The van der Waals surface area contributed by atoms with Gasteiger partial charge in [0.05, 0.1) is 12.6 Å². The Morgan fingerprint density at radius 2 is 2.38 bits per heavy atom. The van der Waals surface area contributed by atoms with Crippen LogP contribution in [-0.4, -0.2) is 22.6 Å². The van der Waals surface area contributed by atoms with E-state index in [0.29, 0.717) is 11.7 Å². The molecule has 0 aromatic carbocycles. The van der Waals surface area contributed by atoms with Crippen LogP contribution < -0.4 is 5.32 Å². The van der Waals surface area contributed by atoms with E-state index in [1.165, 1.54) is 0 Å². The van der Waals surface area contributed by atoms with E-state index in [4.69, 9.17) is 4.52 Å². The third-order valence-electron chi connectivity index (χ3n) is 1.96. The van der Waals surface area contributed by atoms with Crippen LogP contribution in [0.2, 0.25) is 0 Å². The van der Waals surface area contributed by atoms with Crippen LogP contribution in [-0.2, 0) is 0 Å². The molecule has 4 nitrogen and oxygen atoms in total. The first-order valence-electron chi connectivity index (χ1n) is 3.98. The lowest BCUT2D eigenvalue weighted by Gasteiger charge is -2.04. The summed E-state index contributed by atoms with van der Waals surface area (Å²) in [5.74, 6) is -1.94. The third-order valence-corrected chi connectivity index (χ3v) is 1.96. The minimum absolute atomic E-state index is 0.258. The van der Waals surface area contributed by atoms with E-state index in [0.717, 1.165) is 0 Å². The van der Waals surface area contributed by atoms with Gasteiger partial charge in [0.1, 0.15) is 0 Å². The van der Waals surface area contributed by atoms with Crippen molar-refractivity contribution in [3.8, 4) is 0 Å². The summed E-state index contributed by atoms with van der Waals surface area (Å²) >= 11 is 0. The number of nitrogens with one attached hydrogen (secondary N) is 1. The molecule has 2 rings (SSSR count). The lowest BCUT2D eigenvalue weighted by Crippen LogP contribution is -2.19. The predicted molar refractivity (Wildman–Crippen MR) is 39.3 cm³/mol. The standard InChI is InChI=1S/C7H9F2N3O/c1-4-11-6(12-13-4)5-2-7(8,9)3-10-5/h5,10H,2-3H2,1H3/t5-/m1/s1. The van der Waals surface area contributed by atoms with Crippen LogP contribution in [0.5, 0.6) is 0 Å². The van der Waals surface area contributed by atoms with E-state index >= 15 is 0 Å². The first kappa shape index (κ1) is 8.55. The molecule has 2 heterocycles. The van der Waals surface area contributed by atoms with Gasteiger partial charge in [0, 0.05) is 13.3 Å². The maximum Gasteiger partial charge on any atom is 0.262 e. The molecule has 13 heavy (non-hydrogen) atoms. The van der Waals surface area contributed by atoms with Crippen molar-refractivity contribution in [2.45, 2.75) is 25.3 Å². The fraction of sp³-hybridized carbons (Fsp3) is 0.714. The summed E-state index contributed by atoms with van der Waals surface area (Å²) in [5.41, 5.74) is 0. The highest BCUT2D eigenvalue weighted by atomic mass is 19.3. The summed E-state index contributed by atoms with van der Waals surface area (Å²) in [6, 6.07) is -0.479. The SMILES string of the molecule is Cc1nc([C@H]2CC(F)(F)CN2)no1. The number of hydrogen-bond acceptors (Lipinski definition) is 4. The van der Waals surface area contributed by atoms with Gasteiger partial charge in [0.2, 0.25) is 5.89 Å². The second kappa shape index (κ2) is 2.73. The van der Waals surface area contributed by atoms with E-state index in [9.17, 15) is 8.78 Å². The van der Waals surface area contributed by atoms with Crippen LogP contribution >= 0.6 is 0 Å². The second-order valence-corrected chi connectivity index (χ2v) is 3.17. The Kier molecular flexibility index (Phi) is 1.80. The molecule has 1 aliphatic rings. The summed E-state index contributed by atoms with van der Waals surface area (Å²) in [6.07, 6.45) is -0.258. The van der Waals surface area contributed by atoms with E-state index < -0.39 is 12.0 Å². The van der Waals surface area contributed by atoms with Crippen LogP contribution in [0.25, 0.3) is 0 Å². The second-order valence-electron chi connectivity index (χ2n) is 3.17. The summed E-state index contributed by atoms with van der Waals surface area (Å²) in [6.45, 7) is 1.31.